The summed E-state index contributed by atoms with van der Waals surface area (Å²) >= 11 is 6.04. The van der Waals surface area contributed by atoms with E-state index in [-0.39, 0.29) is 0 Å². The number of likely N-dealkylation sites (tertiary alicyclic amines) is 1. The summed E-state index contributed by atoms with van der Waals surface area (Å²) in [6.07, 6.45) is 2.61. The molecule has 1 aromatic rings. The van der Waals surface area contributed by atoms with Crippen molar-refractivity contribution in [2.24, 2.45) is 5.92 Å². The number of nitrogen functional groups attached to an aromatic ring is 1. The van der Waals surface area contributed by atoms with Crippen LogP contribution in [0.3, 0.4) is 0 Å². The number of anilines is 1. The summed E-state index contributed by atoms with van der Waals surface area (Å²) in [6.45, 7) is 4.52. The monoisotopic (exact) mass is 281 g/mol. The third-order valence-corrected chi connectivity index (χ3v) is 4.06. The van der Waals surface area contributed by atoms with Gasteiger partial charge in [0.05, 0.1) is 0 Å². The van der Waals surface area contributed by atoms with Crippen molar-refractivity contribution in [3.05, 3.63) is 28.8 Å². The Hall–Kier alpha value is -0.770. The lowest BCUT2D eigenvalue weighted by Crippen LogP contribution is -2.35. The Balaban J connectivity index is 1.85. The third-order valence-electron chi connectivity index (χ3n) is 3.84. The van der Waals surface area contributed by atoms with Gasteiger partial charge in [-0.25, -0.2) is 0 Å². The first-order valence-electron chi connectivity index (χ1n) is 6.95. The van der Waals surface area contributed by atoms with Crippen LogP contribution < -0.4 is 5.73 Å². The molecule has 0 saturated carbocycles. The van der Waals surface area contributed by atoms with E-state index in [0.29, 0.717) is 0 Å². The number of piperidine rings is 1. The van der Waals surface area contributed by atoms with Crippen molar-refractivity contribution in [1.82, 2.24) is 9.80 Å². The highest BCUT2D eigenvalue weighted by Crippen LogP contribution is 2.20. The summed E-state index contributed by atoms with van der Waals surface area (Å²) in [4.78, 5) is 4.79. The van der Waals surface area contributed by atoms with Gasteiger partial charge in [-0.1, -0.05) is 11.6 Å². The number of nitrogens with two attached hydrogens (primary N) is 1. The number of halogens is 1. The van der Waals surface area contributed by atoms with Crippen molar-refractivity contribution in [2.45, 2.75) is 19.4 Å². The molecule has 1 saturated heterocycles. The number of hydrogen-bond donors (Lipinski definition) is 1. The van der Waals surface area contributed by atoms with Crippen molar-refractivity contribution >= 4 is 17.3 Å². The number of benzene rings is 1. The van der Waals surface area contributed by atoms with Gasteiger partial charge in [0.2, 0.25) is 0 Å². The minimum absolute atomic E-state index is 0.725. The van der Waals surface area contributed by atoms with Crippen LogP contribution in [0.15, 0.2) is 18.2 Å². The summed E-state index contributed by atoms with van der Waals surface area (Å²) in [5, 5.41) is 0.725. The maximum atomic E-state index is 6.04. The SMILES string of the molecule is CN1CCC(CN(C)Cc2cc(N)cc(Cl)c2)CC1. The van der Waals surface area contributed by atoms with Gasteiger partial charge >= 0.3 is 0 Å². The zero-order valence-electron chi connectivity index (χ0n) is 11.9. The fraction of sp³-hybridized carbons (Fsp3) is 0.600. The number of hydrogen-bond acceptors (Lipinski definition) is 3. The first kappa shape index (κ1) is 14.6. The van der Waals surface area contributed by atoms with Gasteiger partial charge in [-0.15, -0.1) is 0 Å². The van der Waals surface area contributed by atoms with Gasteiger partial charge in [0.25, 0.3) is 0 Å². The lowest BCUT2D eigenvalue weighted by atomic mass is 9.96. The molecule has 3 nitrogen and oxygen atoms in total. The second-order valence-corrected chi connectivity index (χ2v) is 6.27. The van der Waals surface area contributed by atoms with Gasteiger partial charge in [0, 0.05) is 23.8 Å². The van der Waals surface area contributed by atoms with E-state index in [4.69, 9.17) is 17.3 Å². The van der Waals surface area contributed by atoms with Crippen molar-refractivity contribution in [3.8, 4) is 0 Å². The van der Waals surface area contributed by atoms with E-state index in [1.54, 1.807) is 6.07 Å². The van der Waals surface area contributed by atoms with E-state index in [2.05, 4.69) is 23.9 Å². The average molecular weight is 282 g/mol. The molecule has 2 N–H and O–H groups in total. The molecule has 4 heteroatoms. The molecule has 19 heavy (non-hydrogen) atoms. The minimum atomic E-state index is 0.725. The van der Waals surface area contributed by atoms with Crippen LogP contribution in [-0.4, -0.2) is 43.5 Å². The molecule has 0 bridgehead atoms. The van der Waals surface area contributed by atoms with Crippen LogP contribution in [0.1, 0.15) is 18.4 Å². The maximum Gasteiger partial charge on any atom is 0.0429 e. The van der Waals surface area contributed by atoms with Gasteiger partial charge in [-0.3, -0.25) is 0 Å². The average Bonchev–Trinajstić information content (AvgIpc) is 2.30. The molecule has 0 aromatic heterocycles. The Morgan fingerprint density at radius 3 is 2.63 bits per heavy atom. The Morgan fingerprint density at radius 1 is 1.32 bits per heavy atom. The summed E-state index contributed by atoms with van der Waals surface area (Å²) < 4.78 is 0. The Morgan fingerprint density at radius 2 is 2.00 bits per heavy atom. The molecule has 0 unspecified atom stereocenters. The molecular formula is C15H24ClN3. The standard InChI is InChI=1S/C15H24ClN3/c1-18-5-3-12(4-6-18)10-19(2)11-13-7-14(16)9-15(17)8-13/h7-9,12H,3-6,10-11,17H2,1-2H3. The predicted molar refractivity (Wildman–Crippen MR) is 82.4 cm³/mol. The molecule has 1 aliphatic heterocycles. The molecule has 0 aliphatic carbocycles. The molecule has 1 heterocycles. The van der Waals surface area contributed by atoms with Crippen molar-refractivity contribution in [3.63, 3.8) is 0 Å². The van der Waals surface area contributed by atoms with Crippen LogP contribution in [0, 0.1) is 5.92 Å². The highest BCUT2D eigenvalue weighted by Gasteiger charge is 2.18. The van der Waals surface area contributed by atoms with E-state index >= 15 is 0 Å². The van der Waals surface area contributed by atoms with Crippen molar-refractivity contribution in [2.75, 3.05) is 39.5 Å². The Kier molecular flexibility index (Phi) is 5.08. The molecular weight excluding hydrogens is 258 g/mol. The second-order valence-electron chi connectivity index (χ2n) is 5.84. The zero-order chi connectivity index (χ0) is 13.8. The first-order valence-corrected chi connectivity index (χ1v) is 7.33. The molecule has 1 aliphatic rings. The van der Waals surface area contributed by atoms with Crippen molar-refractivity contribution in [1.29, 1.82) is 0 Å². The van der Waals surface area contributed by atoms with Crippen LogP contribution in [0.5, 0.6) is 0 Å². The van der Waals surface area contributed by atoms with Gasteiger partial charge in [0.1, 0.15) is 0 Å². The minimum Gasteiger partial charge on any atom is -0.399 e. The lowest BCUT2D eigenvalue weighted by molar-refractivity contribution is 0.173. The molecule has 0 amide bonds. The van der Waals surface area contributed by atoms with Crippen LogP contribution in [0.2, 0.25) is 5.02 Å². The first-order chi connectivity index (χ1) is 9.02. The normalized spacial score (nSPS) is 18.1. The molecule has 0 spiro atoms. The second kappa shape index (κ2) is 6.60. The van der Waals surface area contributed by atoms with E-state index in [9.17, 15) is 0 Å². The van der Waals surface area contributed by atoms with Gasteiger partial charge in [-0.2, -0.15) is 0 Å². The highest BCUT2D eigenvalue weighted by atomic mass is 35.5. The molecule has 1 fully saturated rings. The molecule has 1 aromatic carbocycles. The van der Waals surface area contributed by atoms with E-state index in [1.807, 2.05) is 12.1 Å². The highest BCUT2D eigenvalue weighted by molar-refractivity contribution is 6.30. The zero-order valence-corrected chi connectivity index (χ0v) is 12.7. The summed E-state index contributed by atoms with van der Waals surface area (Å²) in [5.41, 5.74) is 7.77. The number of rotatable bonds is 4. The number of nitrogens with zero attached hydrogens (tertiary/aromatic N) is 2. The Bertz CT molecular complexity index is 394. The topological polar surface area (TPSA) is 32.5 Å². The summed E-state index contributed by atoms with van der Waals surface area (Å²) in [5.74, 6) is 0.817. The van der Waals surface area contributed by atoms with Crippen molar-refractivity contribution < 1.29 is 0 Å². The smallest absolute Gasteiger partial charge is 0.0429 e. The molecule has 0 atom stereocenters. The van der Waals surface area contributed by atoms with Crippen LogP contribution in [-0.2, 0) is 6.54 Å². The molecule has 2 rings (SSSR count). The van der Waals surface area contributed by atoms with E-state index in [1.165, 1.54) is 31.5 Å². The largest absolute Gasteiger partial charge is 0.399 e. The maximum absolute atomic E-state index is 6.04. The Labute approximate surface area is 121 Å². The fourth-order valence-corrected chi connectivity index (χ4v) is 3.09. The summed E-state index contributed by atoms with van der Waals surface area (Å²) in [6, 6.07) is 5.81. The van der Waals surface area contributed by atoms with Gasteiger partial charge < -0.3 is 15.5 Å². The lowest BCUT2D eigenvalue weighted by Gasteiger charge is -2.31. The third kappa shape index (κ3) is 4.68. The van der Waals surface area contributed by atoms with Gasteiger partial charge in [0.15, 0.2) is 0 Å². The predicted octanol–water partition coefficient (Wildman–Crippen LogP) is 2.70. The van der Waals surface area contributed by atoms with Crippen LogP contribution in [0.25, 0.3) is 0 Å². The fourth-order valence-electron chi connectivity index (χ4n) is 2.83. The van der Waals surface area contributed by atoms with E-state index in [0.717, 1.165) is 29.7 Å². The van der Waals surface area contributed by atoms with Gasteiger partial charge in [-0.05, 0) is 69.7 Å². The molecule has 0 radical (unpaired) electrons. The van der Waals surface area contributed by atoms with Crippen LogP contribution in [0.4, 0.5) is 5.69 Å². The van der Waals surface area contributed by atoms with E-state index < -0.39 is 0 Å². The summed E-state index contributed by atoms with van der Waals surface area (Å²) in [7, 11) is 4.38. The van der Waals surface area contributed by atoms with Crippen LogP contribution >= 0.6 is 11.6 Å². The quantitative estimate of drug-likeness (QED) is 0.862. The molecule has 106 valence electrons.